The fourth-order valence-electron chi connectivity index (χ4n) is 0.624. The highest BCUT2D eigenvalue weighted by molar-refractivity contribution is 5.10. The van der Waals surface area contributed by atoms with Crippen LogP contribution in [-0.4, -0.2) is 18.7 Å². The van der Waals surface area contributed by atoms with E-state index >= 15 is 0 Å². The highest BCUT2D eigenvalue weighted by Crippen LogP contribution is 2.15. The summed E-state index contributed by atoms with van der Waals surface area (Å²) in [5.41, 5.74) is 0.991. The third-order valence-corrected chi connectivity index (χ3v) is 1.34. The predicted octanol–water partition coefficient (Wildman–Crippen LogP) is 0.971. The van der Waals surface area contributed by atoms with Crippen molar-refractivity contribution in [1.82, 2.24) is 4.90 Å². The van der Waals surface area contributed by atoms with Gasteiger partial charge in [-0.15, -0.1) is 0 Å². The van der Waals surface area contributed by atoms with Gasteiger partial charge in [-0.05, 0) is 13.8 Å². The Morgan fingerprint density at radius 2 is 2.38 bits per heavy atom. The van der Waals surface area contributed by atoms with Crippen molar-refractivity contribution >= 4 is 0 Å². The Bertz CT molecular complexity index is 128. The fourth-order valence-corrected chi connectivity index (χ4v) is 0.624. The molecule has 0 fully saturated rings. The van der Waals surface area contributed by atoms with E-state index in [2.05, 4.69) is 6.92 Å². The molecule has 0 spiro atoms. The second kappa shape index (κ2) is 1.69. The van der Waals surface area contributed by atoms with Crippen LogP contribution in [0.2, 0.25) is 0 Å². The second-order valence-corrected chi connectivity index (χ2v) is 1.97. The van der Waals surface area contributed by atoms with E-state index in [4.69, 9.17) is 4.74 Å². The topological polar surface area (TPSA) is 12.5 Å². The molecular formula is C6H10NO. The molecule has 2 nitrogen and oxygen atoms in total. The Morgan fingerprint density at radius 3 is 2.50 bits per heavy atom. The molecule has 0 N–H and O–H groups in total. The van der Waals surface area contributed by atoms with Crippen LogP contribution in [0, 0.1) is 6.92 Å². The maximum absolute atomic E-state index is 5.12. The van der Waals surface area contributed by atoms with E-state index in [1.54, 1.807) is 0 Å². The van der Waals surface area contributed by atoms with Crippen molar-refractivity contribution in [2.75, 3.05) is 13.8 Å². The molecule has 1 aliphatic rings. The number of hydrogen-bond acceptors (Lipinski definition) is 2. The summed E-state index contributed by atoms with van der Waals surface area (Å²) in [6.07, 6.45) is 0. The summed E-state index contributed by atoms with van der Waals surface area (Å²) in [5.74, 6) is 0.938. The zero-order valence-electron chi connectivity index (χ0n) is 5.27. The van der Waals surface area contributed by atoms with Crippen molar-refractivity contribution in [2.24, 2.45) is 0 Å². The van der Waals surface area contributed by atoms with Gasteiger partial charge in [0.15, 0.2) is 6.73 Å². The molecule has 0 unspecified atom stereocenters. The van der Waals surface area contributed by atoms with Crippen LogP contribution in [0.1, 0.15) is 6.92 Å². The van der Waals surface area contributed by atoms with Crippen molar-refractivity contribution in [3.8, 4) is 0 Å². The van der Waals surface area contributed by atoms with Crippen LogP contribution in [0.15, 0.2) is 11.5 Å². The van der Waals surface area contributed by atoms with Gasteiger partial charge in [-0.1, -0.05) is 0 Å². The largest absolute Gasteiger partial charge is 0.476 e. The molecule has 45 valence electrons. The van der Waals surface area contributed by atoms with E-state index in [1.165, 1.54) is 0 Å². The summed E-state index contributed by atoms with van der Waals surface area (Å²) < 4.78 is 5.12. The monoisotopic (exact) mass is 112 g/mol. The van der Waals surface area contributed by atoms with Crippen LogP contribution in [0.3, 0.4) is 0 Å². The lowest BCUT2D eigenvalue weighted by Crippen LogP contribution is -2.11. The molecule has 0 aromatic rings. The van der Waals surface area contributed by atoms with E-state index in [-0.39, 0.29) is 0 Å². The normalized spacial score (nSPS) is 19.6. The third kappa shape index (κ3) is 0.661. The zero-order valence-corrected chi connectivity index (χ0v) is 5.27. The highest BCUT2D eigenvalue weighted by atomic mass is 16.5. The Morgan fingerprint density at radius 1 is 1.75 bits per heavy atom. The lowest BCUT2D eigenvalue weighted by atomic mass is 10.4. The Labute approximate surface area is 49.7 Å². The molecule has 1 heterocycles. The summed E-state index contributed by atoms with van der Waals surface area (Å²) in [5, 5.41) is 0. The van der Waals surface area contributed by atoms with Crippen LogP contribution in [-0.2, 0) is 4.74 Å². The van der Waals surface area contributed by atoms with E-state index in [9.17, 15) is 0 Å². The molecule has 0 aromatic carbocycles. The zero-order chi connectivity index (χ0) is 6.15. The standard InChI is InChI=1S/C6H10NO/c1-5-6(2)8-4-7(5)3/h1,4H2,2-3H3. The molecule has 1 aliphatic heterocycles. The average molecular weight is 112 g/mol. The van der Waals surface area contributed by atoms with Gasteiger partial charge >= 0.3 is 0 Å². The molecule has 1 radical (unpaired) electrons. The minimum absolute atomic E-state index is 0.657. The van der Waals surface area contributed by atoms with E-state index in [0.717, 1.165) is 11.5 Å². The van der Waals surface area contributed by atoms with Crippen molar-refractivity contribution < 1.29 is 4.74 Å². The first-order valence-corrected chi connectivity index (χ1v) is 2.58. The van der Waals surface area contributed by atoms with E-state index in [0.29, 0.717) is 6.73 Å². The average Bonchev–Trinajstić information content (AvgIpc) is 1.98. The highest BCUT2D eigenvalue weighted by Gasteiger charge is 2.11. The molecule has 0 atom stereocenters. The quantitative estimate of drug-likeness (QED) is 0.463. The van der Waals surface area contributed by atoms with Crippen LogP contribution in [0.25, 0.3) is 0 Å². The molecule has 0 aromatic heterocycles. The van der Waals surface area contributed by atoms with Gasteiger partial charge in [0.2, 0.25) is 0 Å². The molecule has 0 saturated carbocycles. The van der Waals surface area contributed by atoms with Crippen molar-refractivity contribution in [1.29, 1.82) is 0 Å². The first-order valence-electron chi connectivity index (χ1n) is 2.58. The molecule has 0 amide bonds. The number of allylic oxidation sites excluding steroid dienone is 2. The van der Waals surface area contributed by atoms with Gasteiger partial charge in [-0.3, -0.25) is 0 Å². The maximum atomic E-state index is 5.12. The summed E-state index contributed by atoms with van der Waals surface area (Å²) in [7, 11) is 1.96. The minimum Gasteiger partial charge on any atom is -0.476 e. The number of rotatable bonds is 0. The molecule has 0 saturated heterocycles. The summed E-state index contributed by atoms with van der Waals surface area (Å²) in [6.45, 7) is 6.36. The lowest BCUT2D eigenvalue weighted by molar-refractivity contribution is 0.169. The second-order valence-electron chi connectivity index (χ2n) is 1.97. The summed E-state index contributed by atoms with van der Waals surface area (Å²) in [4.78, 5) is 1.97. The first kappa shape index (κ1) is 5.48. The molecule has 2 heteroatoms. The van der Waals surface area contributed by atoms with E-state index in [1.807, 2.05) is 18.9 Å². The molecule has 8 heavy (non-hydrogen) atoms. The molecular weight excluding hydrogens is 102 g/mol. The van der Waals surface area contributed by atoms with Gasteiger partial charge in [0.1, 0.15) is 5.76 Å². The Kier molecular flexibility index (Phi) is 1.16. The predicted molar refractivity (Wildman–Crippen MR) is 31.8 cm³/mol. The summed E-state index contributed by atoms with van der Waals surface area (Å²) in [6, 6.07) is 0. The molecule has 1 rings (SSSR count). The van der Waals surface area contributed by atoms with Gasteiger partial charge in [0.05, 0.1) is 5.70 Å². The number of ether oxygens (including phenoxy) is 1. The van der Waals surface area contributed by atoms with Crippen molar-refractivity contribution in [2.45, 2.75) is 6.92 Å². The minimum atomic E-state index is 0.657. The van der Waals surface area contributed by atoms with Gasteiger partial charge in [0, 0.05) is 7.05 Å². The van der Waals surface area contributed by atoms with Crippen molar-refractivity contribution in [3.63, 3.8) is 0 Å². The van der Waals surface area contributed by atoms with Crippen LogP contribution >= 0.6 is 0 Å². The molecule has 0 bridgehead atoms. The van der Waals surface area contributed by atoms with Crippen LogP contribution in [0.5, 0.6) is 0 Å². The Hall–Kier alpha value is -0.660. The third-order valence-electron chi connectivity index (χ3n) is 1.34. The Balaban J connectivity index is 2.71. The number of nitrogens with zero attached hydrogens (tertiary/aromatic N) is 1. The van der Waals surface area contributed by atoms with E-state index < -0.39 is 0 Å². The van der Waals surface area contributed by atoms with Crippen LogP contribution < -0.4 is 0 Å². The smallest absolute Gasteiger partial charge is 0.160 e. The maximum Gasteiger partial charge on any atom is 0.160 e. The SMILES string of the molecule is [CH2]C1=C(C)OCN1C. The van der Waals surface area contributed by atoms with Gasteiger partial charge in [-0.2, -0.15) is 0 Å². The van der Waals surface area contributed by atoms with Crippen LogP contribution in [0.4, 0.5) is 0 Å². The van der Waals surface area contributed by atoms with Gasteiger partial charge < -0.3 is 9.64 Å². The molecule has 0 aliphatic carbocycles. The number of hydrogen-bond donors (Lipinski definition) is 0. The lowest BCUT2D eigenvalue weighted by Gasteiger charge is -2.06. The fraction of sp³-hybridized carbons (Fsp3) is 0.500. The summed E-state index contributed by atoms with van der Waals surface area (Å²) >= 11 is 0. The first-order chi connectivity index (χ1) is 3.72. The van der Waals surface area contributed by atoms with Gasteiger partial charge in [0.25, 0.3) is 0 Å². The van der Waals surface area contributed by atoms with Crippen molar-refractivity contribution in [3.05, 3.63) is 18.4 Å². The van der Waals surface area contributed by atoms with Gasteiger partial charge in [-0.25, -0.2) is 0 Å².